The van der Waals surface area contributed by atoms with Crippen molar-refractivity contribution < 1.29 is 9.13 Å². The zero-order chi connectivity index (χ0) is 26.2. The van der Waals surface area contributed by atoms with Crippen molar-refractivity contribution in [1.82, 2.24) is 40.0 Å². The molecule has 0 saturated carbocycles. The number of pyridine rings is 3. The quantitative estimate of drug-likeness (QED) is 0.296. The third-order valence-electron chi connectivity index (χ3n) is 7.10. The first-order valence-electron chi connectivity index (χ1n) is 13.0. The molecule has 7 rings (SSSR count). The molecule has 194 valence electrons. The fourth-order valence-electron chi connectivity index (χ4n) is 5.08. The molecule has 1 aliphatic rings. The zero-order valence-corrected chi connectivity index (χ0v) is 21.1. The topological polar surface area (TPSA) is 108 Å². The molecule has 9 nitrogen and oxygen atoms in total. The van der Waals surface area contributed by atoms with E-state index in [0.717, 1.165) is 53.0 Å². The summed E-state index contributed by atoms with van der Waals surface area (Å²) in [6, 6.07) is 12.2. The first-order valence-corrected chi connectivity index (χ1v) is 13.0. The van der Waals surface area contributed by atoms with Crippen molar-refractivity contribution >= 4 is 22.2 Å². The maximum atomic E-state index is 13.5. The summed E-state index contributed by atoms with van der Waals surface area (Å²) in [5.74, 6) is 1.01. The van der Waals surface area contributed by atoms with E-state index < -0.39 is 0 Å². The number of rotatable bonds is 7. The Morgan fingerprint density at radius 3 is 2.62 bits per heavy atom. The van der Waals surface area contributed by atoms with Gasteiger partial charge in [0.05, 0.1) is 11.6 Å². The molecule has 1 aromatic carbocycles. The Hall–Kier alpha value is -4.70. The van der Waals surface area contributed by atoms with E-state index in [1.165, 1.54) is 25.0 Å². The smallest absolute Gasteiger partial charge is 0.161 e. The average Bonchev–Trinajstić information content (AvgIpc) is 3.73. The highest BCUT2D eigenvalue weighted by atomic mass is 19.1. The Balaban J connectivity index is 1.20. The number of halogens is 1. The Kier molecular flexibility index (Phi) is 5.93. The normalized spacial score (nSPS) is 14.0. The van der Waals surface area contributed by atoms with Gasteiger partial charge in [-0.15, -0.1) is 0 Å². The van der Waals surface area contributed by atoms with Crippen molar-refractivity contribution in [2.24, 2.45) is 0 Å². The summed E-state index contributed by atoms with van der Waals surface area (Å²) in [6.45, 7) is 3.85. The van der Waals surface area contributed by atoms with Crippen LogP contribution in [-0.2, 0) is 0 Å². The molecule has 1 saturated heterocycles. The van der Waals surface area contributed by atoms with Gasteiger partial charge in [0.25, 0.3) is 0 Å². The Bertz CT molecular complexity index is 1770. The average molecular weight is 521 g/mol. The van der Waals surface area contributed by atoms with Gasteiger partial charge in [-0.3, -0.25) is 15.0 Å². The van der Waals surface area contributed by atoms with E-state index in [1.807, 2.05) is 18.2 Å². The van der Waals surface area contributed by atoms with E-state index in [4.69, 9.17) is 9.72 Å². The number of aromatic amines is 2. The highest BCUT2D eigenvalue weighted by Crippen LogP contribution is 2.32. The Labute approximate surface area is 223 Å². The molecule has 6 heterocycles. The van der Waals surface area contributed by atoms with Gasteiger partial charge < -0.3 is 9.72 Å². The Morgan fingerprint density at radius 2 is 1.74 bits per heavy atom. The zero-order valence-electron chi connectivity index (χ0n) is 21.1. The molecule has 39 heavy (non-hydrogen) atoms. The van der Waals surface area contributed by atoms with Crippen LogP contribution in [0.4, 0.5) is 4.39 Å². The standard InChI is InChI=1S/C29H25FN8O/c30-21-5-3-18(4-6-21)23-7-8-32-28-25(23)34-29(35-28)26-24-14-20(16-33-27(24)37-36-26)19-13-22(17-31-15-19)39-12-11-38-9-1-2-10-38/h3-8,13-17H,1-2,9-12H2,(H,32,34,35)(H,33,36,37). The van der Waals surface area contributed by atoms with Gasteiger partial charge in [0.15, 0.2) is 17.1 Å². The monoisotopic (exact) mass is 520 g/mol. The summed E-state index contributed by atoms with van der Waals surface area (Å²) in [7, 11) is 0. The summed E-state index contributed by atoms with van der Waals surface area (Å²) in [4.78, 5) is 24.0. The maximum Gasteiger partial charge on any atom is 0.161 e. The number of fused-ring (bicyclic) bond motifs is 2. The second kappa shape index (κ2) is 9.88. The SMILES string of the molecule is Fc1ccc(-c2ccnc3[nH]c(-c4n[nH]c5ncc(-c6cncc(OCCN7CCCC7)c6)cc45)nc23)cc1. The molecule has 1 aliphatic heterocycles. The summed E-state index contributed by atoms with van der Waals surface area (Å²) in [6.07, 6.45) is 9.57. The van der Waals surface area contributed by atoms with E-state index in [0.29, 0.717) is 34.9 Å². The molecule has 0 spiro atoms. The minimum absolute atomic E-state index is 0.285. The van der Waals surface area contributed by atoms with Gasteiger partial charge in [-0.1, -0.05) is 12.1 Å². The summed E-state index contributed by atoms with van der Waals surface area (Å²) in [5, 5.41) is 8.32. The van der Waals surface area contributed by atoms with Crippen LogP contribution in [0.25, 0.3) is 56.0 Å². The number of hydrogen-bond donors (Lipinski definition) is 2. The second-order valence-electron chi connectivity index (χ2n) is 9.65. The largest absolute Gasteiger partial charge is 0.491 e. The minimum atomic E-state index is -0.285. The molecule has 0 unspecified atom stereocenters. The second-order valence-corrected chi connectivity index (χ2v) is 9.65. The van der Waals surface area contributed by atoms with Crippen LogP contribution in [0, 0.1) is 5.82 Å². The van der Waals surface area contributed by atoms with Crippen LogP contribution in [0.3, 0.4) is 0 Å². The van der Waals surface area contributed by atoms with Crippen molar-refractivity contribution in [3.63, 3.8) is 0 Å². The van der Waals surface area contributed by atoms with Gasteiger partial charge in [-0.25, -0.2) is 19.3 Å². The molecule has 1 fully saturated rings. The van der Waals surface area contributed by atoms with Gasteiger partial charge in [0, 0.05) is 41.8 Å². The third-order valence-corrected chi connectivity index (χ3v) is 7.10. The lowest BCUT2D eigenvalue weighted by Gasteiger charge is -2.15. The Morgan fingerprint density at radius 1 is 0.897 bits per heavy atom. The van der Waals surface area contributed by atoms with Gasteiger partial charge >= 0.3 is 0 Å². The fraction of sp³-hybridized carbons (Fsp3) is 0.207. The van der Waals surface area contributed by atoms with Gasteiger partial charge in [-0.05, 0) is 61.8 Å². The summed E-state index contributed by atoms with van der Waals surface area (Å²) >= 11 is 0. The number of hydrogen-bond acceptors (Lipinski definition) is 7. The fourth-order valence-corrected chi connectivity index (χ4v) is 5.08. The number of aromatic nitrogens is 7. The maximum absolute atomic E-state index is 13.5. The highest BCUT2D eigenvalue weighted by Gasteiger charge is 2.17. The van der Waals surface area contributed by atoms with E-state index in [1.54, 1.807) is 36.9 Å². The lowest BCUT2D eigenvalue weighted by atomic mass is 10.1. The van der Waals surface area contributed by atoms with Crippen LogP contribution in [0.2, 0.25) is 0 Å². The molecule has 10 heteroatoms. The number of benzene rings is 1. The van der Waals surface area contributed by atoms with Crippen molar-refractivity contribution in [1.29, 1.82) is 0 Å². The van der Waals surface area contributed by atoms with Crippen molar-refractivity contribution in [2.75, 3.05) is 26.2 Å². The van der Waals surface area contributed by atoms with Crippen LogP contribution >= 0.6 is 0 Å². The summed E-state index contributed by atoms with van der Waals surface area (Å²) in [5.41, 5.74) is 6.09. The van der Waals surface area contributed by atoms with Crippen molar-refractivity contribution in [3.05, 3.63) is 73.1 Å². The first-order chi connectivity index (χ1) is 19.2. The highest BCUT2D eigenvalue weighted by molar-refractivity contribution is 5.96. The lowest BCUT2D eigenvalue weighted by molar-refractivity contribution is 0.237. The molecule has 0 bridgehead atoms. The molecular weight excluding hydrogens is 495 g/mol. The van der Waals surface area contributed by atoms with E-state index >= 15 is 0 Å². The van der Waals surface area contributed by atoms with Crippen molar-refractivity contribution in [2.45, 2.75) is 12.8 Å². The molecule has 0 amide bonds. The van der Waals surface area contributed by atoms with Crippen LogP contribution in [0.15, 0.2) is 67.3 Å². The van der Waals surface area contributed by atoms with E-state index in [2.05, 4.69) is 35.0 Å². The van der Waals surface area contributed by atoms with Gasteiger partial charge in [-0.2, -0.15) is 5.10 Å². The minimum Gasteiger partial charge on any atom is -0.491 e. The van der Waals surface area contributed by atoms with Crippen LogP contribution in [-0.4, -0.2) is 66.3 Å². The molecule has 0 atom stereocenters. The number of nitrogens with one attached hydrogen (secondary N) is 2. The van der Waals surface area contributed by atoms with E-state index in [-0.39, 0.29) is 5.82 Å². The van der Waals surface area contributed by atoms with Crippen molar-refractivity contribution in [3.8, 4) is 39.5 Å². The first kappa shape index (κ1) is 23.4. The van der Waals surface area contributed by atoms with E-state index in [9.17, 15) is 4.39 Å². The van der Waals surface area contributed by atoms with Gasteiger partial charge in [0.2, 0.25) is 0 Å². The number of H-pyrrole nitrogens is 2. The number of nitrogens with zero attached hydrogens (tertiary/aromatic N) is 6. The number of imidazole rings is 1. The van der Waals surface area contributed by atoms with Gasteiger partial charge in [0.1, 0.15) is 29.4 Å². The van der Waals surface area contributed by atoms with Crippen LogP contribution in [0.1, 0.15) is 12.8 Å². The van der Waals surface area contributed by atoms with Crippen LogP contribution < -0.4 is 4.74 Å². The predicted molar refractivity (Wildman–Crippen MR) is 147 cm³/mol. The molecule has 0 radical (unpaired) electrons. The van der Waals surface area contributed by atoms with Crippen LogP contribution in [0.5, 0.6) is 5.75 Å². The molecule has 6 aromatic rings. The predicted octanol–water partition coefficient (Wildman–Crippen LogP) is 5.24. The molecule has 2 N–H and O–H groups in total. The molecule has 5 aromatic heterocycles. The summed E-state index contributed by atoms with van der Waals surface area (Å²) < 4.78 is 19.5. The number of ether oxygens (including phenoxy) is 1. The molecular formula is C29H25FN8O. The molecule has 0 aliphatic carbocycles. The lowest BCUT2D eigenvalue weighted by Crippen LogP contribution is -2.25. The third kappa shape index (κ3) is 4.59. The number of likely N-dealkylation sites (tertiary alicyclic amines) is 1.